The van der Waals surface area contributed by atoms with E-state index < -0.39 is 0 Å². The highest BCUT2D eigenvalue weighted by Crippen LogP contribution is 2.64. The minimum atomic E-state index is 0.0920. The summed E-state index contributed by atoms with van der Waals surface area (Å²) >= 11 is 0. The van der Waals surface area contributed by atoms with Crippen LogP contribution in [-0.2, 0) is 0 Å². The van der Waals surface area contributed by atoms with Crippen LogP contribution in [0.5, 0.6) is 0 Å². The summed E-state index contributed by atoms with van der Waals surface area (Å²) < 4.78 is 0. The molecule has 7 unspecified atom stereocenters. The average Bonchev–Trinajstić information content (AvgIpc) is 3.64. The summed E-state index contributed by atoms with van der Waals surface area (Å²) in [5, 5.41) is 0. The first-order valence-electron chi connectivity index (χ1n) is 14.6. The zero-order valence-electron chi connectivity index (χ0n) is 22.9. The van der Waals surface area contributed by atoms with Gasteiger partial charge in [-0.2, -0.15) is 0 Å². The van der Waals surface area contributed by atoms with E-state index in [-0.39, 0.29) is 5.54 Å². The van der Waals surface area contributed by atoms with Crippen LogP contribution in [-0.4, -0.2) is 5.54 Å². The largest absolute Gasteiger partial charge is 0.325 e. The Hall–Kier alpha value is -0.170. The van der Waals surface area contributed by atoms with Gasteiger partial charge in [-0.15, -0.1) is 0 Å². The van der Waals surface area contributed by atoms with E-state index in [0.29, 0.717) is 16.7 Å². The van der Waals surface area contributed by atoms with Gasteiger partial charge in [-0.3, -0.25) is 0 Å². The normalized spacial score (nSPS) is 36.7. The number of hydrogen-bond donors (Lipinski definition) is 1. The van der Waals surface area contributed by atoms with Crippen molar-refractivity contribution >= 4 is 0 Å². The fraction of sp³-hybridized carbons (Fsp3) is 0.968. The van der Waals surface area contributed by atoms with Gasteiger partial charge in [0.2, 0.25) is 0 Å². The third-order valence-corrected chi connectivity index (χ3v) is 10.9. The molecule has 0 aromatic rings. The van der Waals surface area contributed by atoms with E-state index in [9.17, 15) is 0 Å². The summed E-state index contributed by atoms with van der Waals surface area (Å²) in [7, 11) is 0. The molecule has 0 aromatic heterocycles. The third-order valence-electron chi connectivity index (χ3n) is 10.9. The molecule has 1 nitrogen and oxygen atoms in total. The van der Waals surface area contributed by atoms with Gasteiger partial charge in [0, 0.05) is 5.54 Å². The summed E-state index contributed by atoms with van der Waals surface area (Å²) in [5.41, 5.74) is 8.12. The van der Waals surface area contributed by atoms with Crippen molar-refractivity contribution < 1.29 is 0 Å². The molecule has 1 heteroatoms. The van der Waals surface area contributed by atoms with Gasteiger partial charge < -0.3 is 5.73 Å². The molecule has 0 heterocycles. The van der Waals surface area contributed by atoms with E-state index in [1.54, 1.807) is 0 Å². The fourth-order valence-electron chi connectivity index (χ4n) is 7.42. The van der Waals surface area contributed by atoms with Gasteiger partial charge in [0.25, 0.3) is 0 Å². The van der Waals surface area contributed by atoms with E-state index in [4.69, 9.17) is 5.73 Å². The predicted molar refractivity (Wildman–Crippen MR) is 141 cm³/mol. The Morgan fingerprint density at radius 2 is 1.69 bits per heavy atom. The first-order chi connectivity index (χ1) is 15.0. The number of hydrogen-bond acceptors (Lipinski definition) is 1. The molecule has 32 heavy (non-hydrogen) atoms. The lowest BCUT2D eigenvalue weighted by Crippen LogP contribution is -2.40. The van der Waals surface area contributed by atoms with Crippen molar-refractivity contribution in [3.8, 4) is 0 Å². The van der Waals surface area contributed by atoms with Crippen molar-refractivity contribution in [2.45, 2.75) is 143 Å². The van der Waals surface area contributed by atoms with Gasteiger partial charge in [-0.1, -0.05) is 53.4 Å². The van der Waals surface area contributed by atoms with Crippen LogP contribution >= 0.6 is 0 Å². The fourth-order valence-corrected chi connectivity index (χ4v) is 7.42. The highest BCUT2D eigenvalue weighted by molar-refractivity contribution is 5.07. The minimum absolute atomic E-state index is 0.0920. The van der Waals surface area contributed by atoms with Gasteiger partial charge in [0.15, 0.2) is 0 Å². The second-order valence-corrected chi connectivity index (χ2v) is 13.9. The van der Waals surface area contributed by atoms with Crippen molar-refractivity contribution in [1.29, 1.82) is 0 Å². The van der Waals surface area contributed by atoms with Crippen molar-refractivity contribution in [2.24, 2.45) is 52.1 Å². The Morgan fingerprint density at radius 3 is 2.28 bits per heavy atom. The van der Waals surface area contributed by atoms with Crippen molar-refractivity contribution in [3.05, 3.63) is 6.92 Å². The predicted octanol–water partition coefficient (Wildman–Crippen LogP) is 9.20. The third kappa shape index (κ3) is 6.70. The highest BCUT2D eigenvalue weighted by Gasteiger charge is 2.55. The lowest BCUT2D eigenvalue weighted by Gasteiger charge is -2.40. The lowest BCUT2D eigenvalue weighted by molar-refractivity contribution is 0.106. The quantitative estimate of drug-likeness (QED) is 0.249. The second kappa shape index (κ2) is 10.6. The van der Waals surface area contributed by atoms with Crippen LogP contribution in [0.4, 0.5) is 0 Å². The molecule has 0 aliphatic heterocycles. The molecule has 7 atom stereocenters. The number of fused-ring (bicyclic) bond motifs is 1. The van der Waals surface area contributed by atoms with E-state index in [1.165, 1.54) is 96.3 Å². The van der Waals surface area contributed by atoms with Crippen LogP contribution in [0.3, 0.4) is 0 Å². The summed E-state index contributed by atoms with van der Waals surface area (Å²) in [4.78, 5) is 0. The molecule has 3 rings (SSSR count). The van der Waals surface area contributed by atoms with Crippen LogP contribution in [0.15, 0.2) is 0 Å². The number of nitrogens with two attached hydrogens (primary N) is 1. The molecule has 0 aromatic carbocycles. The maximum atomic E-state index is 6.88. The van der Waals surface area contributed by atoms with Crippen LogP contribution < -0.4 is 5.73 Å². The summed E-state index contributed by atoms with van der Waals surface area (Å²) in [6.07, 6.45) is 21.2. The van der Waals surface area contributed by atoms with Crippen LogP contribution in [0.25, 0.3) is 0 Å². The molecule has 0 spiro atoms. The van der Waals surface area contributed by atoms with Crippen molar-refractivity contribution in [3.63, 3.8) is 0 Å². The Labute approximate surface area is 202 Å². The van der Waals surface area contributed by atoms with Gasteiger partial charge in [0.1, 0.15) is 0 Å². The smallest absolute Gasteiger partial charge is 0.0925 e. The van der Waals surface area contributed by atoms with E-state index >= 15 is 0 Å². The van der Waals surface area contributed by atoms with Gasteiger partial charge >= 0.3 is 0 Å². The van der Waals surface area contributed by atoms with E-state index in [0.717, 1.165) is 29.6 Å². The first-order valence-corrected chi connectivity index (χ1v) is 14.6. The van der Waals surface area contributed by atoms with Crippen LogP contribution in [0.1, 0.15) is 138 Å². The molecule has 186 valence electrons. The molecule has 3 fully saturated rings. The highest BCUT2D eigenvalue weighted by atomic mass is 14.8. The summed E-state index contributed by atoms with van der Waals surface area (Å²) in [6, 6.07) is 0. The molecule has 0 bridgehead atoms. The molecule has 0 amide bonds. The average molecular weight is 445 g/mol. The van der Waals surface area contributed by atoms with Crippen molar-refractivity contribution in [1.82, 2.24) is 0 Å². The number of unbranched alkanes of at least 4 members (excludes halogenated alkanes) is 1. The lowest BCUT2D eigenvalue weighted by atomic mass is 9.66. The van der Waals surface area contributed by atoms with Gasteiger partial charge in [0.05, 0.1) is 12.8 Å². The maximum Gasteiger partial charge on any atom is 0.0925 e. The minimum Gasteiger partial charge on any atom is -0.325 e. The maximum absolute atomic E-state index is 6.88. The SMILES string of the molecule is [CH2+]C(C)CCCCC(CC1(C2CCC(CC)CCC(C)(N)C3CC3C2)CC1)C(C)(C)CC. The molecular weight excluding hydrogens is 386 g/mol. The summed E-state index contributed by atoms with van der Waals surface area (Å²) in [5.74, 6) is 5.11. The van der Waals surface area contributed by atoms with E-state index in [2.05, 4.69) is 48.5 Å². The monoisotopic (exact) mass is 444 g/mol. The molecule has 3 aliphatic carbocycles. The molecular formula is C31H58N+. The first kappa shape index (κ1) is 26.4. The molecule has 0 radical (unpaired) electrons. The number of rotatable bonds is 11. The Balaban J connectivity index is 1.69. The Bertz CT molecular complexity index is 569. The molecule has 2 N–H and O–H groups in total. The van der Waals surface area contributed by atoms with Gasteiger partial charge in [-0.05, 0) is 125 Å². The summed E-state index contributed by atoms with van der Waals surface area (Å²) in [6.45, 7) is 18.8. The van der Waals surface area contributed by atoms with Gasteiger partial charge in [-0.25, -0.2) is 0 Å². The van der Waals surface area contributed by atoms with Crippen molar-refractivity contribution in [2.75, 3.05) is 0 Å². The van der Waals surface area contributed by atoms with E-state index in [1.807, 2.05) is 0 Å². The van der Waals surface area contributed by atoms with Crippen LogP contribution in [0, 0.1) is 53.3 Å². The standard InChI is InChI=1S/C31H58N/c1-8-24-14-15-26(20-25-21-28(25)30(7,32)17-16-24)31(18-19-31)22-27(29(5,6)9-2)13-11-10-12-23(3)4/h23-28H,3,8-22,32H2,1-2,4-7H3/q+1. The molecule has 3 aliphatic rings. The Morgan fingerprint density at radius 1 is 1.00 bits per heavy atom. The zero-order valence-corrected chi connectivity index (χ0v) is 22.9. The molecule has 3 saturated carbocycles. The second-order valence-electron chi connectivity index (χ2n) is 13.9. The molecule has 0 saturated heterocycles. The topological polar surface area (TPSA) is 26.0 Å². The Kier molecular flexibility index (Phi) is 8.77. The van der Waals surface area contributed by atoms with Crippen LogP contribution in [0.2, 0.25) is 0 Å². The zero-order chi connectivity index (χ0) is 23.6.